The van der Waals surface area contributed by atoms with Crippen molar-refractivity contribution in [3.8, 4) is 6.07 Å². The summed E-state index contributed by atoms with van der Waals surface area (Å²) in [5.74, 6) is -0.590. The average molecular weight is 259 g/mol. The number of nitrogens with zero attached hydrogens (tertiary/aromatic N) is 2. The molecule has 1 unspecified atom stereocenters. The van der Waals surface area contributed by atoms with Crippen molar-refractivity contribution < 1.29 is 21.6 Å². The SMILES string of the molecule is CC(C#N)CN(C)S(=O)(=O)NCC(F)(F)F. The Morgan fingerprint density at radius 1 is 1.50 bits per heavy atom. The Morgan fingerprint density at radius 2 is 2.00 bits per heavy atom. The molecule has 0 saturated carbocycles. The molecule has 0 spiro atoms. The molecule has 0 aromatic carbocycles. The maximum Gasteiger partial charge on any atom is 0.402 e. The molecule has 16 heavy (non-hydrogen) atoms. The fourth-order valence-electron chi connectivity index (χ4n) is 0.808. The van der Waals surface area contributed by atoms with Crippen molar-refractivity contribution in [2.45, 2.75) is 13.1 Å². The van der Waals surface area contributed by atoms with Crippen molar-refractivity contribution in [2.24, 2.45) is 5.92 Å². The first-order chi connectivity index (χ1) is 7.08. The molecule has 0 aromatic rings. The molecule has 0 fully saturated rings. The van der Waals surface area contributed by atoms with Crippen LogP contribution in [0.4, 0.5) is 13.2 Å². The third-order valence-electron chi connectivity index (χ3n) is 1.62. The summed E-state index contributed by atoms with van der Waals surface area (Å²) in [6.45, 7) is -0.319. The van der Waals surface area contributed by atoms with Crippen molar-refractivity contribution in [1.82, 2.24) is 9.03 Å². The normalized spacial score (nSPS) is 14.8. The third-order valence-corrected chi connectivity index (χ3v) is 3.10. The fourth-order valence-corrected chi connectivity index (χ4v) is 1.79. The maximum absolute atomic E-state index is 11.8. The quantitative estimate of drug-likeness (QED) is 0.780. The fraction of sp³-hybridized carbons (Fsp3) is 0.857. The summed E-state index contributed by atoms with van der Waals surface area (Å²) in [6.07, 6.45) is -4.60. The molecule has 0 saturated heterocycles. The number of alkyl halides is 3. The van der Waals surface area contributed by atoms with Crippen molar-refractivity contribution in [2.75, 3.05) is 20.1 Å². The second-order valence-electron chi connectivity index (χ2n) is 3.25. The Kier molecular flexibility index (Phi) is 5.18. The highest BCUT2D eigenvalue weighted by Crippen LogP contribution is 2.13. The van der Waals surface area contributed by atoms with Gasteiger partial charge in [0.2, 0.25) is 0 Å². The van der Waals surface area contributed by atoms with Crippen LogP contribution in [0.25, 0.3) is 0 Å². The number of halogens is 3. The molecule has 0 aliphatic heterocycles. The minimum Gasteiger partial charge on any atom is -0.198 e. The Bertz CT molecular complexity index is 360. The van der Waals surface area contributed by atoms with Crippen LogP contribution in [0.15, 0.2) is 0 Å². The highest BCUT2D eigenvalue weighted by molar-refractivity contribution is 7.87. The van der Waals surface area contributed by atoms with E-state index in [4.69, 9.17) is 5.26 Å². The molecular weight excluding hydrogens is 247 g/mol. The molecule has 0 heterocycles. The topological polar surface area (TPSA) is 73.2 Å². The minimum absolute atomic E-state index is 0.163. The molecular formula is C7H12F3N3O2S. The maximum atomic E-state index is 11.8. The molecule has 1 N–H and O–H groups in total. The zero-order valence-corrected chi connectivity index (χ0v) is 9.56. The minimum atomic E-state index is -4.60. The number of rotatable bonds is 5. The summed E-state index contributed by atoms with van der Waals surface area (Å²) >= 11 is 0. The van der Waals surface area contributed by atoms with Crippen LogP contribution in [0, 0.1) is 17.2 Å². The first-order valence-electron chi connectivity index (χ1n) is 4.26. The van der Waals surface area contributed by atoms with E-state index in [0.29, 0.717) is 4.31 Å². The van der Waals surface area contributed by atoms with Crippen molar-refractivity contribution in [3.63, 3.8) is 0 Å². The predicted molar refractivity (Wildman–Crippen MR) is 50.4 cm³/mol. The molecule has 5 nitrogen and oxygen atoms in total. The van der Waals surface area contributed by atoms with Gasteiger partial charge < -0.3 is 0 Å². The number of nitriles is 1. The molecule has 94 valence electrons. The van der Waals surface area contributed by atoms with E-state index in [1.54, 1.807) is 6.07 Å². The van der Waals surface area contributed by atoms with Gasteiger partial charge in [-0.25, -0.2) is 0 Å². The molecule has 0 radical (unpaired) electrons. The molecule has 1 atom stereocenters. The van der Waals surface area contributed by atoms with Gasteiger partial charge in [-0.3, -0.25) is 0 Å². The van der Waals surface area contributed by atoms with E-state index >= 15 is 0 Å². The first kappa shape index (κ1) is 15.2. The van der Waals surface area contributed by atoms with Crippen LogP contribution in [0.5, 0.6) is 0 Å². The van der Waals surface area contributed by atoms with Gasteiger partial charge in [-0.1, -0.05) is 0 Å². The Balaban J connectivity index is 4.40. The molecule has 0 aromatic heterocycles. The lowest BCUT2D eigenvalue weighted by Gasteiger charge is -2.19. The average Bonchev–Trinajstić information content (AvgIpc) is 2.13. The zero-order chi connectivity index (χ0) is 13.0. The van der Waals surface area contributed by atoms with Crippen LogP contribution in [0.3, 0.4) is 0 Å². The lowest BCUT2D eigenvalue weighted by Crippen LogP contribution is -2.43. The van der Waals surface area contributed by atoms with Gasteiger partial charge in [0.05, 0.1) is 12.0 Å². The standard InChI is InChI=1S/C7H12F3N3O2S/c1-6(3-11)4-13(2)16(14,15)12-5-7(8,9)10/h6,12H,4-5H2,1-2H3. The van der Waals surface area contributed by atoms with Crippen LogP contribution >= 0.6 is 0 Å². The second kappa shape index (κ2) is 5.47. The van der Waals surface area contributed by atoms with Crippen LogP contribution < -0.4 is 4.72 Å². The second-order valence-corrected chi connectivity index (χ2v) is 5.11. The van der Waals surface area contributed by atoms with E-state index in [-0.39, 0.29) is 6.54 Å². The van der Waals surface area contributed by atoms with Crippen LogP contribution in [-0.2, 0) is 10.2 Å². The van der Waals surface area contributed by atoms with Crippen molar-refractivity contribution in [1.29, 1.82) is 5.26 Å². The summed E-state index contributed by atoms with van der Waals surface area (Å²) in [6, 6.07) is 1.78. The molecule has 9 heteroatoms. The van der Waals surface area contributed by atoms with Crippen LogP contribution in [-0.4, -0.2) is 39.0 Å². The zero-order valence-electron chi connectivity index (χ0n) is 8.74. The highest BCUT2D eigenvalue weighted by atomic mass is 32.2. The predicted octanol–water partition coefficient (Wildman–Crippen LogP) is 0.475. The van der Waals surface area contributed by atoms with Gasteiger partial charge in [0.25, 0.3) is 10.2 Å². The van der Waals surface area contributed by atoms with E-state index in [1.807, 2.05) is 0 Å². The van der Waals surface area contributed by atoms with Crippen LogP contribution in [0.2, 0.25) is 0 Å². The number of hydrogen-bond donors (Lipinski definition) is 1. The molecule has 0 amide bonds. The summed E-state index contributed by atoms with van der Waals surface area (Å²) in [5, 5.41) is 8.44. The Morgan fingerprint density at radius 3 is 2.38 bits per heavy atom. The van der Waals surface area contributed by atoms with Crippen molar-refractivity contribution in [3.05, 3.63) is 0 Å². The Hall–Kier alpha value is -0.850. The molecule has 0 aliphatic rings. The lowest BCUT2D eigenvalue weighted by molar-refractivity contribution is -0.121. The lowest BCUT2D eigenvalue weighted by atomic mass is 10.2. The summed E-state index contributed by atoms with van der Waals surface area (Å²) in [7, 11) is -3.08. The van der Waals surface area contributed by atoms with Gasteiger partial charge in [0, 0.05) is 13.6 Å². The van der Waals surface area contributed by atoms with Gasteiger partial charge in [-0.15, -0.1) is 0 Å². The van der Waals surface area contributed by atoms with E-state index in [2.05, 4.69) is 0 Å². The van der Waals surface area contributed by atoms with E-state index in [0.717, 1.165) is 7.05 Å². The van der Waals surface area contributed by atoms with Gasteiger partial charge in [0.1, 0.15) is 6.54 Å². The van der Waals surface area contributed by atoms with E-state index in [9.17, 15) is 21.6 Å². The number of nitrogens with one attached hydrogen (secondary N) is 1. The molecule has 0 bridgehead atoms. The summed E-state index contributed by atoms with van der Waals surface area (Å²) < 4.78 is 59.9. The Labute approximate surface area is 92.0 Å². The molecule has 0 aliphatic carbocycles. The van der Waals surface area contributed by atoms with Crippen LogP contribution in [0.1, 0.15) is 6.92 Å². The third kappa shape index (κ3) is 5.89. The first-order valence-corrected chi connectivity index (χ1v) is 5.70. The van der Waals surface area contributed by atoms with Gasteiger partial charge >= 0.3 is 6.18 Å². The van der Waals surface area contributed by atoms with Crippen molar-refractivity contribution >= 4 is 10.2 Å². The van der Waals surface area contributed by atoms with Gasteiger partial charge in [-0.05, 0) is 6.92 Å². The van der Waals surface area contributed by atoms with Gasteiger partial charge in [-0.2, -0.15) is 35.9 Å². The highest BCUT2D eigenvalue weighted by Gasteiger charge is 2.31. The smallest absolute Gasteiger partial charge is 0.198 e. The molecule has 0 rings (SSSR count). The summed E-state index contributed by atoms with van der Waals surface area (Å²) in [5.41, 5.74) is 0. The monoisotopic (exact) mass is 259 g/mol. The summed E-state index contributed by atoms with van der Waals surface area (Å²) in [4.78, 5) is 0. The van der Waals surface area contributed by atoms with E-state index < -0.39 is 28.8 Å². The number of hydrogen-bond acceptors (Lipinski definition) is 3. The van der Waals surface area contributed by atoms with E-state index in [1.165, 1.54) is 11.6 Å². The van der Waals surface area contributed by atoms with Gasteiger partial charge in [0.15, 0.2) is 0 Å². The largest absolute Gasteiger partial charge is 0.402 e.